The van der Waals surface area contributed by atoms with Crippen molar-refractivity contribution in [2.24, 2.45) is 0 Å². The summed E-state index contributed by atoms with van der Waals surface area (Å²) in [5, 5.41) is 11.1. The molecule has 0 saturated heterocycles. The molecule has 0 saturated carbocycles. The molecular weight excluding hydrogens is 368 g/mol. The molecule has 0 spiro atoms. The summed E-state index contributed by atoms with van der Waals surface area (Å²) >= 11 is 0. The van der Waals surface area contributed by atoms with E-state index in [0.717, 1.165) is 23.6 Å². The molecule has 0 bridgehead atoms. The summed E-state index contributed by atoms with van der Waals surface area (Å²) < 4.78 is 33.7. The first kappa shape index (κ1) is 23.4. The van der Waals surface area contributed by atoms with E-state index in [4.69, 9.17) is 0 Å². The zero-order valence-electron chi connectivity index (χ0n) is 16.4. The van der Waals surface area contributed by atoms with Gasteiger partial charge >= 0.3 is 10.3 Å². The number of unbranched alkanes of at least 4 members (excludes halogenated alkanes) is 9. The van der Waals surface area contributed by atoms with Crippen LogP contribution in [0.2, 0.25) is 0 Å². The molecule has 0 aromatic heterocycles. The van der Waals surface area contributed by atoms with E-state index in [1.807, 2.05) is 0 Å². The first-order valence-electron chi connectivity index (χ1n) is 9.77. The van der Waals surface area contributed by atoms with Gasteiger partial charge in [0.2, 0.25) is 0 Å². The summed E-state index contributed by atoms with van der Waals surface area (Å²) in [6.07, 6.45) is 11.1. The second-order valence-electron chi connectivity index (χ2n) is 6.96. The van der Waals surface area contributed by atoms with Crippen LogP contribution in [-0.4, -0.2) is 24.4 Å². The van der Waals surface area contributed by atoms with Gasteiger partial charge in [-0.1, -0.05) is 70.8 Å². The maximum atomic E-state index is 11.7. The molecule has 0 unspecified atom stereocenters. The molecule has 1 aromatic rings. The van der Waals surface area contributed by atoms with E-state index in [-0.39, 0.29) is 17.9 Å². The molecule has 0 aliphatic rings. The molecule has 27 heavy (non-hydrogen) atoms. The minimum atomic E-state index is -4.47. The van der Waals surface area contributed by atoms with Crippen molar-refractivity contribution in [3.8, 4) is 0 Å². The van der Waals surface area contributed by atoms with Crippen molar-refractivity contribution in [3.63, 3.8) is 0 Å². The second kappa shape index (κ2) is 11.9. The fourth-order valence-electron chi connectivity index (χ4n) is 3.07. The van der Waals surface area contributed by atoms with Crippen molar-refractivity contribution in [1.82, 2.24) is 0 Å². The minimum absolute atomic E-state index is 0.107. The van der Waals surface area contributed by atoms with Gasteiger partial charge in [-0.3, -0.25) is 14.7 Å². The Hall–Kier alpha value is -1.67. The average molecular weight is 401 g/mol. The molecule has 0 fully saturated rings. The Labute approximate surface area is 162 Å². The number of benzene rings is 1. The Bertz CT molecular complexity index is 691. The number of nitro groups is 1. The predicted molar refractivity (Wildman–Crippen MR) is 109 cm³/mol. The van der Waals surface area contributed by atoms with Crippen LogP contribution in [0.15, 0.2) is 18.2 Å². The molecule has 1 N–H and O–H groups in total. The topological polar surface area (TPSA) is 101 Å². The van der Waals surface area contributed by atoms with Crippen LogP contribution in [-0.2, 0) is 10.3 Å². The first-order chi connectivity index (χ1) is 12.8. The van der Waals surface area contributed by atoms with E-state index in [1.54, 1.807) is 6.92 Å². The van der Waals surface area contributed by atoms with Crippen LogP contribution in [0.4, 0.5) is 11.4 Å². The van der Waals surface area contributed by atoms with Crippen molar-refractivity contribution < 1.29 is 17.9 Å². The van der Waals surface area contributed by atoms with Crippen molar-refractivity contribution in [2.75, 3.05) is 10.8 Å². The summed E-state index contributed by atoms with van der Waals surface area (Å²) in [6.45, 7) is 3.89. The van der Waals surface area contributed by atoms with Crippen LogP contribution in [0.3, 0.4) is 0 Å². The Balaban J connectivity index is 2.49. The number of nitrogens with zero attached hydrogens (tertiary/aromatic N) is 2. The number of nitro benzene ring substituents is 1. The predicted octanol–water partition coefficient (Wildman–Crippen LogP) is 5.43. The maximum absolute atomic E-state index is 11.7. The molecular formula is C19H32N2O5S. The lowest BCUT2D eigenvalue weighted by Crippen LogP contribution is -2.31. The highest BCUT2D eigenvalue weighted by Crippen LogP contribution is 2.27. The van der Waals surface area contributed by atoms with Gasteiger partial charge in [0.05, 0.1) is 10.6 Å². The van der Waals surface area contributed by atoms with Gasteiger partial charge in [0.1, 0.15) is 0 Å². The molecule has 1 rings (SSSR count). The highest BCUT2D eigenvalue weighted by molar-refractivity contribution is 7.87. The smallest absolute Gasteiger partial charge is 0.269 e. The minimum Gasteiger partial charge on any atom is -0.269 e. The highest BCUT2D eigenvalue weighted by atomic mass is 32.2. The highest BCUT2D eigenvalue weighted by Gasteiger charge is 2.22. The van der Waals surface area contributed by atoms with Crippen LogP contribution < -0.4 is 4.31 Å². The standard InChI is InChI=1S/C19H32N2O5S/c1-3-4-5-6-7-8-9-10-11-12-15-20(27(24,25)26)18-14-13-17(2)19(16-18)21(22)23/h13-14,16H,3-12,15H2,1-2H3,(H,24,25,26). The van der Waals surface area contributed by atoms with Crippen molar-refractivity contribution in [3.05, 3.63) is 33.9 Å². The molecule has 0 aliphatic carbocycles. The monoisotopic (exact) mass is 400 g/mol. The molecule has 8 heteroatoms. The van der Waals surface area contributed by atoms with Gasteiger partial charge in [0.25, 0.3) is 5.69 Å². The van der Waals surface area contributed by atoms with Gasteiger partial charge in [-0.15, -0.1) is 0 Å². The van der Waals surface area contributed by atoms with E-state index in [2.05, 4.69) is 6.92 Å². The van der Waals surface area contributed by atoms with Gasteiger partial charge in [0, 0.05) is 18.2 Å². The van der Waals surface area contributed by atoms with Crippen molar-refractivity contribution >= 4 is 21.7 Å². The van der Waals surface area contributed by atoms with Crippen LogP contribution in [0.5, 0.6) is 0 Å². The summed E-state index contributed by atoms with van der Waals surface area (Å²) in [6, 6.07) is 4.16. The van der Waals surface area contributed by atoms with Crippen LogP contribution in [0, 0.1) is 17.0 Å². The molecule has 0 aliphatic heterocycles. The fourth-order valence-corrected chi connectivity index (χ4v) is 3.81. The Kier molecular flexibility index (Phi) is 10.3. The van der Waals surface area contributed by atoms with Crippen LogP contribution in [0.25, 0.3) is 0 Å². The van der Waals surface area contributed by atoms with E-state index in [0.29, 0.717) is 12.0 Å². The van der Waals surface area contributed by atoms with E-state index < -0.39 is 15.2 Å². The van der Waals surface area contributed by atoms with Crippen molar-refractivity contribution in [2.45, 2.75) is 78.1 Å². The second-order valence-corrected chi connectivity index (χ2v) is 8.30. The third kappa shape index (κ3) is 8.71. The lowest BCUT2D eigenvalue weighted by Gasteiger charge is -2.21. The van der Waals surface area contributed by atoms with E-state index in [9.17, 15) is 23.1 Å². The van der Waals surface area contributed by atoms with Gasteiger partial charge in [-0.05, 0) is 19.4 Å². The number of rotatable bonds is 14. The maximum Gasteiger partial charge on any atom is 0.359 e. The number of hydrogen-bond acceptors (Lipinski definition) is 4. The normalized spacial score (nSPS) is 11.5. The van der Waals surface area contributed by atoms with Gasteiger partial charge in [-0.25, -0.2) is 4.31 Å². The number of anilines is 1. The summed E-state index contributed by atoms with van der Waals surface area (Å²) in [5.74, 6) is 0. The third-order valence-electron chi connectivity index (χ3n) is 4.67. The molecule has 0 atom stereocenters. The molecule has 0 radical (unpaired) electrons. The third-order valence-corrected chi connectivity index (χ3v) is 5.62. The molecule has 0 heterocycles. The van der Waals surface area contributed by atoms with Gasteiger partial charge in [0.15, 0.2) is 0 Å². The lowest BCUT2D eigenvalue weighted by atomic mass is 10.1. The summed E-state index contributed by atoms with van der Waals surface area (Å²) in [4.78, 5) is 10.5. The quantitative estimate of drug-likeness (QED) is 0.194. The molecule has 1 aromatic carbocycles. The average Bonchev–Trinajstić information content (AvgIpc) is 2.59. The Morgan fingerprint density at radius 2 is 1.52 bits per heavy atom. The Morgan fingerprint density at radius 1 is 1.00 bits per heavy atom. The molecule has 0 amide bonds. The first-order valence-corrected chi connectivity index (χ1v) is 11.2. The molecule has 154 valence electrons. The largest absolute Gasteiger partial charge is 0.359 e. The number of hydrogen-bond donors (Lipinski definition) is 1. The van der Waals surface area contributed by atoms with Crippen LogP contribution in [0.1, 0.15) is 76.7 Å². The van der Waals surface area contributed by atoms with E-state index in [1.165, 1.54) is 56.7 Å². The Morgan fingerprint density at radius 3 is 2.00 bits per heavy atom. The zero-order chi connectivity index (χ0) is 20.3. The van der Waals surface area contributed by atoms with Gasteiger partial charge in [-0.2, -0.15) is 8.42 Å². The van der Waals surface area contributed by atoms with Gasteiger partial charge < -0.3 is 0 Å². The molecule has 7 nitrogen and oxygen atoms in total. The zero-order valence-corrected chi connectivity index (χ0v) is 17.2. The number of aryl methyl sites for hydroxylation is 1. The fraction of sp³-hybridized carbons (Fsp3) is 0.684. The van der Waals surface area contributed by atoms with E-state index >= 15 is 0 Å². The van der Waals surface area contributed by atoms with Crippen molar-refractivity contribution in [1.29, 1.82) is 0 Å². The SMILES string of the molecule is CCCCCCCCCCCCN(c1ccc(C)c([N+](=O)[O-])c1)S(=O)(=O)O. The van der Waals surface area contributed by atoms with Crippen LogP contribution >= 0.6 is 0 Å². The lowest BCUT2D eigenvalue weighted by molar-refractivity contribution is -0.385. The summed E-state index contributed by atoms with van der Waals surface area (Å²) in [5.41, 5.74) is 0.396. The summed E-state index contributed by atoms with van der Waals surface area (Å²) in [7, 11) is -4.47.